The van der Waals surface area contributed by atoms with E-state index in [-0.39, 0.29) is 11.9 Å². The zero-order chi connectivity index (χ0) is 15.2. The van der Waals surface area contributed by atoms with Gasteiger partial charge in [0, 0.05) is 25.6 Å². The highest BCUT2D eigenvalue weighted by Gasteiger charge is 2.22. The minimum Gasteiger partial charge on any atom is -0.343 e. The molecule has 3 heteroatoms. The van der Waals surface area contributed by atoms with E-state index in [0.29, 0.717) is 6.42 Å². The van der Waals surface area contributed by atoms with Crippen molar-refractivity contribution in [3.8, 4) is 0 Å². The Morgan fingerprint density at radius 3 is 2.48 bits per heavy atom. The molecule has 0 radical (unpaired) electrons. The second-order valence-corrected chi connectivity index (χ2v) is 6.53. The summed E-state index contributed by atoms with van der Waals surface area (Å²) in [6.07, 6.45) is 5.14. The van der Waals surface area contributed by atoms with Crippen molar-refractivity contribution in [2.24, 2.45) is 11.7 Å². The number of carbonyl (C=O) groups excluding carboxylic acids is 1. The SMILES string of the molecule is Cc1ccc(CCC2CCN(C(=O)CC(C)N)CC2)cc1. The quantitative estimate of drug-likeness (QED) is 0.905. The lowest BCUT2D eigenvalue weighted by Crippen LogP contribution is -2.40. The normalized spacial score (nSPS) is 17.8. The molecule has 1 aliphatic rings. The number of aryl methyl sites for hydroxylation is 2. The molecular formula is C18H28N2O. The number of nitrogens with two attached hydrogens (primary N) is 1. The number of piperidine rings is 1. The van der Waals surface area contributed by atoms with Gasteiger partial charge in [-0.05, 0) is 51.0 Å². The second-order valence-electron chi connectivity index (χ2n) is 6.53. The smallest absolute Gasteiger partial charge is 0.224 e. The van der Waals surface area contributed by atoms with Crippen LogP contribution < -0.4 is 5.73 Å². The van der Waals surface area contributed by atoms with Crippen LogP contribution in [0.2, 0.25) is 0 Å². The molecule has 0 saturated carbocycles. The Kier molecular flexibility index (Phi) is 5.80. The number of carbonyl (C=O) groups is 1. The van der Waals surface area contributed by atoms with Crippen LogP contribution in [0.5, 0.6) is 0 Å². The zero-order valence-electron chi connectivity index (χ0n) is 13.3. The van der Waals surface area contributed by atoms with Crippen LogP contribution in [0.3, 0.4) is 0 Å². The summed E-state index contributed by atoms with van der Waals surface area (Å²) in [7, 11) is 0. The molecule has 0 bridgehead atoms. The Morgan fingerprint density at radius 1 is 1.29 bits per heavy atom. The Hall–Kier alpha value is -1.35. The van der Waals surface area contributed by atoms with Gasteiger partial charge in [-0.25, -0.2) is 0 Å². The van der Waals surface area contributed by atoms with Crippen molar-refractivity contribution in [1.82, 2.24) is 4.90 Å². The van der Waals surface area contributed by atoms with Crippen LogP contribution in [0.1, 0.15) is 43.7 Å². The molecule has 0 aliphatic carbocycles. The van der Waals surface area contributed by atoms with Gasteiger partial charge in [-0.2, -0.15) is 0 Å². The lowest BCUT2D eigenvalue weighted by atomic mass is 9.90. The first-order valence-corrected chi connectivity index (χ1v) is 8.13. The molecule has 21 heavy (non-hydrogen) atoms. The third-order valence-corrected chi connectivity index (χ3v) is 4.43. The van der Waals surface area contributed by atoms with E-state index in [1.165, 1.54) is 17.5 Å². The molecule has 3 nitrogen and oxygen atoms in total. The van der Waals surface area contributed by atoms with Gasteiger partial charge in [-0.15, -0.1) is 0 Å². The molecule has 1 unspecified atom stereocenters. The monoisotopic (exact) mass is 288 g/mol. The fourth-order valence-corrected chi connectivity index (χ4v) is 3.00. The Bertz CT molecular complexity index is 445. The fraction of sp³-hybridized carbons (Fsp3) is 0.611. The average Bonchev–Trinajstić information content (AvgIpc) is 2.46. The van der Waals surface area contributed by atoms with Gasteiger partial charge in [-0.3, -0.25) is 4.79 Å². The minimum absolute atomic E-state index is 0.0308. The van der Waals surface area contributed by atoms with E-state index in [1.54, 1.807) is 0 Å². The van der Waals surface area contributed by atoms with Crippen LogP contribution in [-0.2, 0) is 11.2 Å². The molecule has 1 atom stereocenters. The van der Waals surface area contributed by atoms with Crippen LogP contribution in [-0.4, -0.2) is 29.9 Å². The third kappa shape index (κ3) is 5.16. The van der Waals surface area contributed by atoms with Crippen molar-refractivity contribution in [1.29, 1.82) is 0 Å². The van der Waals surface area contributed by atoms with Gasteiger partial charge < -0.3 is 10.6 Å². The van der Waals surface area contributed by atoms with Crippen molar-refractivity contribution in [3.63, 3.8) is 0 Å². The largest absolute Gasteiger partial charge is 0.343 e. The Balaban J connectivity index is 1.71. The van der Waals surface area contributed by atoms with E-state index < -0.39 is 0 Å². The van der Waals surface area contributed by atoms with Gasteiger partial charge >= 0.3 is 0 Å². The molecule has 1 heterocycles. The molecule has 2 N–H and O–H groups in total. The van der Waals surface area contributed by atoms with Crippen LogP contribution >= 0.6 is 0 Å². The molecule has 116 valence electrons. The molecule has 2 rings (SSSR count). The molecule has 1 fully saturated rings. The fourth-order valence-electron chi connectivity index (χ4n) is 3.00. The zero-order valence-corrected chi connectivity index (χ0v) is 13.3. The third-order valence-electron chi connectivity index (χ3n) is 4.43. The second kappa shape index (κ2) is 7.60. The predicted molar refractivity (Wildman–Crippen MR) is 87.1 cm³/mol. The van der Waals surface area contributed by atoms with E-state index in [4.69, 9.17) is 5.73 Å². The first kappa shape index (κ1) is 16.0. The van der Waals surface area contributed by atoms with Gasteiger partial charge in [0.05, 0.1) is 0 Å². The number of hydrogen-bond acceptors (Lipinski definition) is 2. The Labute approximate surface area is 128 Å². The summed E-state index contributed by atoms with van der Waals surface area (Å²) in [6, 6.07) is 8.80. The average molecular weight is 288 g/mol. The highest BCUT2D eigenvalue weighted by Crippen LogP contribution is 2.23. The lowest BCUT2D eigenvalue weighted by molar-refractivity contribution is -0.132. The highest BCUT2D eigenvalue weighted by molar-refractivity contribution is 5.76. The summed E-state index contributed by atoms with van der Waals surface area (Å²) in [6.45, 7) is 5.83. The van der Waals surface area contributed by atoms with Gasteiger partial charge in [0.2, 0.25) is 5.91 Å². The predicted octanol–water partition coefficient (Wildman–Crippen LogP) is 2.90. The van der Waals surface area contributed by atoms with E-state index in [0.717, 1.165) is 38.3 Å². The van der Waals surface area contributed by atoms with Crippen molar-refractivity contribution in [2.45, 2.75) is 52.0 Å². The van der Waals surface area contributed by atoms with Crippen LogP contribution in [0.4, 0.5) is 0 Å². The minimum atomic E-state index is -0.0308. The van der Waals surface area contributed by atoms with Gasteiger partial charge in [-0.1, -0.05) is 29.8 Å². The van der Waals surface area contributed by atoms with E-state index >= 15 is 0 Å². The van der Waals surface area contributed by atoms with E-state index in [1.807, 2.05) is 11.8 Å². The summed E-state index contributed by atoms with van der Waals surface area (Å²) >= 11 is 0. The topological polar surface area (TPSA) is 46.3 Å². The number of benzene rings is 1. The lowest BCUT2D eigenvalue weighted by Gasteiger charge is -2.32. The van der Waals surface area contributed by atoms with Gasteiger partial charge in [0.1, 0.15) is 0 Å². The summed E-state index contributed by atoms with van der Waals surface area (Å²) in [4.78, 5) is 14.0. The summed E-state index contributed by atoms with van der Waals surface area (Å²) < 4.78 is 0. The van der Waals surface area contributed by atoms with Crippen LogP contribution in [0, 0.1) is 12.8 Å². The van der Waals surface area contributed by atoms with E-state index in [2.05, 4.69) is 31.2 Å². The van der Waals surface area contributed by atoms with Gasteiger partial charge in [0.25, 0.3) is 0 Å². The first-order valence-electron chi connectivity index (χ1n) is 8.13. The summed E-state index contributed by atoms with van der Waals surface area (Å²) in [5.74, 6) is 0.979. The molecule has 0 spiro atoms. The maximum absolute atomic E-state index is 12.0. The van der Waals surface area contributed by atoms with Crippen LogP contribution in [0.15, 0.2) is 24.3 Å². The van der Waals surface area contributed by atoms with Crippen molar-refractivity contribution in [2.75, 3.05) is 13.1 Å². The molecular weight excluding hydrogens is 260 g/mol. The molecule has 0 aromatic heterocycles. The number of rotatable bonds is 5. The van der Waals surface area contributed by atoms with E-state index in [9.17, 15) is 4.79 Å². The first-order chi connectivity index (χ1) is 10.0. The summed E-state index contributed by atoms with van der Waals surface area (Å²) in [5, 5.41) is 0. The van der Waals surface area contributed by atoms with Crippen molar-refractivity contribution < 1.29 is 4.79 Å². The molecule has 1 amide bonds. The number of nitrogens with zero attached hydrogens (tertiary/aromatic N) is 1. The van der Waals surface area contributed by atoms with Crippen molar-refractivity contribution >= 4 is 5.91 Å². The highest BCUT2D eigenvalue weighted by atomic mass is 16.2. The number of likely N-dealkylation sites (tertiary alicyclic amines) is 1. The maximum atomic E-state index is 12.0. The van der Waals surface area contributed by atoms with Crippen LogP contribution in [0.25, 0.3) is 0 Å². The molecule has 1 aromatic rings. The maximum Gasteiger partial charge on any atom is 0.224 e. The standard InChI is InChI=1S/C18H28N2O/c1-14-3-5-16(6-4-14)7-8-17-9-11-20(12-10-17)18(21)13-15(2)19/h3-6,15,17H,7-13,19H2,1-2H3. The van der Waals surface area contributed by atoms with Crippen molar-refractivity contribution in [3.05, 3.63) is 35.4 Å². The summed E-state index contributed by atoms with van der Waals surface area (Å²) in [5.41, 5.74) is 8.45. The number of hydrogen-bond donors (Lipinski definition) is 1. The molecule has 1 aliphatic heterocycles. The Morgan fingerprint density at radius 2 is 1.90 bits per heavy atom. The molecule has 1 aromatic carbocycles. The van der Waals surface area contributed by atoms with Gasteiger partial charge in [0.15, 0.2) is 0 Å². The molecule has 1 saturated heterocycles. The number of amides is 1.